The minimum absolute atomic E-state index is 0.0639. The van der Waals surface area contributed by atoms with E-state index in [-0.39, 0.29) is 17.6 Å². The number of hydrogen-bond acceptors (Lipinski definition) is 5. The van der Waals surface area contributed by atoms with E-state index in [2.05, 4.69) is 12.2 Å². The molecular weight excluding hydrogens is 470 g/mol. The Balaban J connectivity index is 1.59. The Morgan fingerprint density at radius 2 is 2.06 bits per heavy atom. The summed E-state index contributed by atoms with van der Waals surface area (Å²) in [5, 5.41) is 4.83. The molecule has 3 aromatic rings. The highest BCUT2D eigenvalue weighted by molar-refractivity contribution is 7.98. The second-order valence-electron chi connectivity index (χ2n) is 8.55. The molecule has 0 saturated carbocycles. The number of halogens is 1. The number of fused-ring (bicyclic) bond motifs is 1. The molecule has 1 fully saturated rings. The molecule has 1 saturated heterocycles. The molecule has 6 nitrogen and oxygen atoms in total. The van der Waals surface area contributed by atoms with Gasteiger partial charge >= 0.3 is 0 Å². The Morgan fingerprint density at radius 3 is 2.79 bits per heavy atom. The first-order valence-electron chi connectivity index (χ1n) is 11.9. The Hall–Kier alpha value is -2.35. The minimum atomic E-state index is -0.179. The summed E-state index contributed by atoms with van der Waals surface area (Å²) in [5.74, 6) is 0.492. The molecule has 2 aromatic carbocycles. The number of aromatic nitrogens is 2. The van der Waals surface area contributed by atoms with Gasteiger partial charge in [-0.25, -0.2) is 4.98 Å². The zero-order valence-corrected chi connectivity index (χ0v) is 21.0. The Morgan fingerprint density at radius 1 is 1.24 bits per heavy atom. The van der Waals surface area contributed by atoms with E-state index in [1.165, 1.54) is 11.8 Å². The summed E-state index contributed by atoms with van der Waals surface area (Å²) in [7, 11) is 0. The maximum Gasteiger partial charge on any atom is 0.262 e. The van der Waals surface area contributed by atoms with Crippen LogP contribution in [0.1, 0.15) is 54.9 Å². The third kappa shape index (κ3) is 6.20. The normalized spacial score (nSPS) is 15.6. The van der Waals surface area contributed by atoms with Crippen molar-refractivity contribution in [2.24, 2.45) is 0 Å². The Labute approximate surface area is 209 Å². The van der Waals surface area contributed by atoms with Gasteiger partial charge in [0.25, 0.3) is 11.5 Å². The monoisotopic (exact) mass is 499 g/mol. The van der Waals surface area contributed by atoms with Crippen LogP contribution in [0.15, 0.2) is 52.4 Å². The second-order valence-corrected chi connectivity index (χ2v) is 9.93. The summed E-state index contributed by atoms with van der Waals surface area (Å²) in [6.07, 6.45) is 5.12. The first-order chi connectivity index (χ1) is 16.5. The summed E-state index contributed by atoms with van der Waals surface area (Å²) in [5.41, 5.74) is 2.08. The quantitative estimate of drug-likeness (QED) is 0.228. The molecule has 8 heteroatoms. The molecule has 1 unspecified atom stereocenters. The molecule has 0 spiro atoms. The van der Waals surface area contributed by atoms with Crippen molar-refractivity contribution in [1.82, 2.24) is 14.9 Å². The fraction of sp³-hybridized carbons (Fsp3) is 0.423. The molecule has 0 radical (unpaired) electrons. The highest BCUT2D eigenvalue weighted by Crippen LogP contribution is 2.24. The van der Waals surface area contributed by atoms with Gasteiger partial charge in [-0.15, -0.1) is 0 Å². The van der Waals surface area contributed by atoms with Crippen LogP contribution in [-0.4, -0.2) is 34.7 Å². The average Bonchev–Trinajstić information content (AvgIpc) is 3.37. The fourth-order valence-corrected chi connectivity index (χ4v) is 5.12. The summed E-state index contributed by atoms with van der Waals surface area (Å²) in [6, 6.07) is 12.8. The largest absolute Gasteiger partial charge is 0.376 e. The number of carbonyl (C=O) groups is 1. The molecule has 1 atom stereocenters. The first-order valence-corrected chi connectivity index (χ1v) is 13.2. The molecule has 1 aliphatic rings. The van der Waals surface area contributed by atoms with Gasteiger partial charge in [0.05, 0.1) is 17.0 Å². The molecule has 34 heavy (non-hydrogen) atoms. The molecule has 0 bridgehead atoms. The van der Waals surface area contributed by atoms with E-state index < -0.39 is 0 Å². The van der Waals surface area contributed by atoms with Gasteiger partial charge in [-0.3, -0.25) is 14.2 Å². The number of rotatable bonds is 10. The number of benzene rings is 2. The topological polar surface area (TPSA) is 73.2 Å². The van der Waals surface area contributed by atoms with Crippen LogP contribution in [0.3, 0.4) is 0 Å². The van der Waals surface area contributed by atoms with Gasteiger partial charge in [-0.05, 0) is 55.2 Å². The summed E-state index contributed by atoms with van der Waals surface area (Å²) in [4.78, 5) is 30.9. The van der Waals surface area contributed by atoms with Crippen LogP contribution in [0, 0.1) is 0 Å². The molecule has 1 aromatic heterocycles. The van der Waals surface area contributed by atoms with Gasteiger partial charge in [-0.1, -0.05) is 55.3 Å². The molecular formula is C26H30ClN3O3S. The maximum atomic E-state index is 13.4. The van der Waals surface area contributed by atoms with Crippen LogP contribution in [0.2, 0.25) is 5.02 Å². The molecule has 4 rings (SSSR count). The van der Waals surface area contributed by atoms with Crippen LogP contribution < -0.4 is 10.9 Å². The van der Waals surface area contributed by atoms with Gasteiger partial charge in [0.2, 0.25) is 0 Å². The van der Waals surface area contributed by atoms with Crippen molar-refractivity contribution < 1.29 is 9.53 Å². The third-order valence-electron chi connectivity index (χ3n) is 5.96. The SMILES string of the molecule is CCCCCn1c(SCc2ccc(Cl)cc2)nc2cc(C(=O)NCC3CCCO3)ccc2c1=O. The van der Waals surface area contributed by atoms with Crippen molar-refractivity contribution in [1.29, 1.82) is 0 Å². The average molecular weight is 500 g/mol. The summed E-state index contributed by atoms with van der Waals surface area (Å²) >= 11 is 7.53. The lowest BCUT2D eigenvalue weighted by Crippen LogP contribution is -2.31. The number of amides is 1. The molecule has 1 amide bonds. The van der Waals surface area contributed by atoms with Gasteiger partial charge in [-0.2, -0.15) is 0 Å². The number of nitrogens with zero attached hydrogens (tertiary/aromatic N) is 2. The Bertz CT molecular complexity index is 1190. The molecule has 2 heterocycles. The van der Waals surface area contributed by atoms with Crippen molar-refractivity contribution in [3.63, 3.8) is 0 Å². The summed E-state index contributed by atoms with van der Waals surface area (Å²) < 4.78 is 7.36. The summed E-state index contributed by atoms with van der Waals surface area (Å²) in [6.45, 7) is 4.01. The van der Waals surface area contributed by atoms with Crippen molar-refractivity contribution >= 4 is 40.2 Å². The number of hydrogen-bond donors (Lipinski definition) is 1. The van der Waals surface area contributed by atoms with Gasteiger partial charge in [0.15, 0.2) is 5.16 Å². The molecule has 0 aliphatic carbocycles. The van der Waals surface area contributed by atoms with Crippen molar-refractivity contribution in [2.45, 2.75) is 62.6 Å². The predicted octanol–water partition coefficient (Wildman–Crippen LogP) is 5.44. The first kappa shape index (κ1) is 24.8. The van der Waals surface area contributed by atoms with Crippen LogP contribution >= 0.6 is 23.4 Å². The highest BCUT2D eigenvalue weighted by atomic mass is 35.5. The van der Waals surface area contributed by atoms with Crippen LogP contribution in [-0.2, 0) is 17.0 Å². The van der Waals surface area contributed by atoms with E-state index in [1.807, 2.05) is 24.3 Å². The zero-order valence-electron chi connectivity index (χ0n) is 19.4. The van der Waals surface area contributed by atoms with Crippen LogP contribution in [0.25, 0.3) is 10.9 Å². The highest BCUT2D eigenvalue weighted by Gasteiger charge is 2.18. The van der Waals surface area contributed by atoms with Crippen molar-refractivity contribution in [3.8, 4) is 0 Å². The van der Waals surface area contributed by atoms with Crippen LogP contribution in [0.5, 0.6) is 0 Å². The lowest BCUT2D eigenvalue weighted by molar-refractivity contribution is 0.0858. The van der Waals surface area contributed by atoms with Gasteiger partial charge < -0.3 is 10.1 Å². The van der Waals surface area contributed by atoms with E-state index in [9.17, 15) is 9.59 Å². The minimum Gasteiger partial charge on any atom is -0.376 e. The van der Waals surface area contributed by atoms with Gasteiger partial charge in [0, 0.05) is 36.0 Å². The predicted molar refractivity (Wildman–Crippen MR) is 138 cm³/mol. The standard InChI is InChI=1S/C26H30ClN3O3S/c1-2-3-4-13-30-25(32)22-12-9-19(24(31)28-16-21-6-5-14-33-21)15-23(22)29-26(30)34-17-18-7-10-20(27)11-8-18/h7-12,15,21H,2-6,13-14,16-17H2,1H3,(H,28,31). The lowest BCUT2D eigenvalue weighted by atomic mass is 10.1. The maximum absolute atomic E-state index is 13.4. The van der Waals surface area contributed by atoms with E-state index >= 15 is 0 Å². The number of thioether (sulfide) groups is 1. The van der Waals surface area contributed by atoms with Gasteiger partial charge in [0.1, 0.15) is 0 Å². The van der Waals surface area contributed by atoms with E-state index in [4.69, 9.17) is 21.3 Å². The lowest BCUT2D eigenvalue weighted by Gasteiger charge is -2.14. The molecule has 180 valence electrons. The van der Waals surface area contributed by atoms with E-state index in [0.29, 0.717) is 45.5 Å². The van der Waals surface area contributed by atoms with E-state index in [1.54, 1.807) is 22.8 Å². The third-order valence-corrected chi connectivity index (χ3v) is 7.26. The van der Waals surface area contributed by atoms with Crippen molar-refractivity contribution in [3.05, 3.63) is 69.0 Å². The number of nitrogens with one attached hydrogen (secondary N) is 1. The van der Waals surface area contributed by atoms with E-state index in [0.717, 1.165) is 44.3 Å². The zero-order chi connectivity index (χ0) is 23.9. The Kier molecular flexibility index (Phi) is 8.64. The smallest absolute Gasteiger partial charge is 0.262 e. The van der Waals surface area contributed by atoms with Crippen LogP contribution in [0.4, 0.5) is 0 Å². The second kappa shape index (κ2) is 11.9. The fourth-order valence-electron chi connectivity index (χ4n) is 4.01. The number of ether oxygens (including phenoxy) is 1. The number of carbonyl (C=O) groups excluding carboxylic acids is 1. The molecule has 1 aliphatic heterocycles. The molecule has 1 N–H and O–H groups in total. The number of unbranched alkanes of at least 4 members (excludes halogenated alkanes) is 2. The van der Waals surface area contributed by atoms with Crippen molar-refractivity contribution in [2.75, 3.05) is 13.2 Å².